The van der Waals surface area contributed by atoms with E-state index >= 15 is 0 Å². The van der Waals surface area contributed by atoms with Crippen LogP contribution in [-0.4, -0.2) is 12.2 Å². The monoisotopic (exact) mass is 262 g/mol. The normalized spacial score (nSPS) is 47.7. The first-order valence-electron chi connectivity index (χ1n) is 9.09. The minimum Gasteiger partial charge on any atom is -0.374 e. The second-order valence-electron chi connectivity index (χ2n) is 7.74. The quantitative estimate of drug-likeness (QED) is 0.650. The molecule has 0 aromatic rings. The van der Waals surface area contributed by atoms with Crippen LogP contribution in [0.1, 0.15) is 77.0 Å². The highest BCUT2D eigenvalue weighted by Crippen LogP contribution is 2.52. The SMILES string of the molecule is C1CCC(C2CCCC3C4CCCCC4OC23)CC1. The van der Waals surface area contributed by atoms with Crippen LogP contribution in [0.25, 0.3) is 0 Å². The van der Waals surface area contributed by atoms with Gasteiger partial charge in [-0.1, -0.05) is 51.4 Å². The maximum atomic E-state index is 6.64. The van der Waals surface area contributed by atoms with Gasteiger partial charge in [0.1, 0.15) is 0 Å². The number of fused-ring (bicyclic) bond motifs is 3. The zero-order valence-corrected chi connectivity index (χ0v) is 12.4. The van der Waals surface area contributed by atoms with Crippen molar-refractivity contribution in [1.29, 1.82) is 0 Å². The molecule has 0 spiro atoms. The standard InChI is InChI=1S/C18H30O/c1-2-7-13(8-3-1)14-10-6-11-16-15-9-4-5-12-17(15)19-18(14)16/h13-18H,1-12H2. The van der Waals surface area contributed by atoms with Crippen molar-refractivity contribution >= 4 is 0 Å². The molecular formula is C18H30O. The molecule has 1 nitrogen and oxygen atoms in total. The predicted octanol–water partition coefficient (Wildman–Crippen LogP) is 4.94. The Bertz CT molecular complexity index is 307. The Balaban J connectivity index is 1.50. The Morgan fingerprint density at radius 2 is 1.21 bits per heavy atom. The topological polar surface area (TPSA) is 9.23 Å². The van der Waals surface area contributed by atoms with Gasteiger partial charge in [-0.25, -0.2) is 0 Å². The molecule has 0 bridgehead atoms. The van der Waals surface area contributed by atoms with Gasteiger partial charge >= 0.3 is 0 Å². The summed E-state index contributed by atoms with van der Waals surface area (Å²) < 4.78 is 6.64. The average Bonchev–Trinajstić information content (AvgIpc) is 2.87. The molecule has 1 saturated heterocycles. The minimum absolute atomic E-state index is 0.660. The van der Waals surface area contributed by atoms with Gasteiger partial charge in [0.15, 0.2) is 0 Å². The van der Waals surface area contributed by atoms with Gasteiger partial charge in [-0.2, -0.15) is 0 Å². The van der Waals surface area contributed by atoms with Crippen molar-refractivity contribution < 1.29 is 4.74 Å². The van der Waals surface area contributed by atoms with E-state index in [0.29, 0.717) is 12.2 Å². The van der Waals surface area contributed by atoms with Gasteiger partial charge in [0, 0.05) is 0 Å². The first kappa shape index (κ1) is 12.7. The van der Waals surface area contributed by atoms with Crippen molar-refractivity contribution in [3.05, 3.63) is 0 Å². The van der Waals surface area contributed by atoms with Crippen molar-refractivity contribution in [3.8, 4) is 0 Å². The lowest BCUT2D eigenvalue weighted by Crippen LogP contribution is -2.37. The first-order valence-corrected chi connectivity index (χ1v) is 9.09. The Morgan fingerprint density at radius 1 is 0.526 bits per heavy atom. The summed E-state index contributed by atoms with van der Waals surface area (Å²) in [6.45, 7) is 0. The van der Waals surface area contributed by atoms with Crippen LogP contribution in [0.15, 0.2) is 0 Å². The lowest BCUT2D eigenvalue weighted by molar-refractivity contribution is -0.0465. The third-order valence-corrected chi connectivity index (χ3v) is 6.81. The third kappa shape index (κ3) is 2.26. The van der Waals surface area contributed by atoms with Gasteiger partial charge in [0.2, 0.25) is 0 Å². The molecule has 5 unspecified atom stereocenters. The van der Waals surface area contributed by atoms with Crippen molar-refractivity contribution in [3.63, 3.8) is 0 Å². The molecule has 1 heteroatoms. The summed E-state index contributed by atoms with van der Waals surface area (Å²) in [6, 6.07) is 0. The van der Waals surface area contributed by atoms with Crippen LogP contribution >= 0.6 is 0 Å². The van der Waals surface area contributed by atoms with E-state index in [1.165, 1.54) is 77.0 Å². The van der Waals surface area contributed by atoms with Crippen LogP contribution in [0.4, 0.5) is 0 Å². The summed E-state index contributed by atoms with van der Waals surface area (Å²) in [5.74, 6) is 3.85. The van der Waals surface area contributed by atoms with Gasteiger partial charge in [0.05, 0.1) is 12.2 Å². The summed E-state index contributed by atoms with van der Waals surface area (Å²) in [5, 5.41) is 0. The molecule has 4 aliphatic rings. The molecule has 3 aliphatic carbocycles. The highest BCUT2D eigenvalue weighted by atomic mass is 16.5. The predicted molar refractivity (Wildman–Crippen MR) is 78.0 cm³/mol. The summed E-state index contributed by atoms with van der Waals surface area (Å²) in [5.41, 5.74) is 0. The van der Waals surface area contributed by atoms with Crippen molar-refractivity contribution in [2.75, 3.05) is 0 Å². The number of ether oxygens (including phenoxy) is 1. The van der Waals surface area contributed by atoms with E-state index in [0.717, 1.165) is 23.7 Å². The van der Waals surface area contributed by atoms with Gasteiger partial charge in [0.25, 0.3) is 0 Å². The van der Waals surface area contributed by atoms with Crippen LogP contribution < -0.4 is 0 Å². The maximum Gasteiger partial charge on any atom is 0.0641 e. The van der Waals surface area contributed by atoms with Gasteiger partial charge in [-0.3, -0.25) is 0 Å². The zero-order valence-electron chi connectivity index (χ0n) is 12.4. The zero-order chi connectivity index (χ0) is 12.7. The largest absolute Gasteiger partial charge is 0.374 e. The second-order valence-corrected chi connectivity index (χ2v) is 7.74. The fourth-order valence-corrected chi connectivity index (χ4v) is 5.95. The molecule has 108 valence electrons. The summed E-state index contributed by atoms with van der Waals surface area (Å²) in [4.78, 5) is 0. The van der Waals surface area contributed by atoms with Crippen LogP contribution in [0, 0.1) is 23.7 Å². The van der Waals surface area contributed by atoms with E-state index in [1.807, 2.05) is 0 Å². The Kier molecular flexibility index (Phi) is 3.60. The molecule has 3 saturated carbocycles. The second kappa shape index (κ2) is 5.39. The minimum atomic E-state index is 0.660. The fraction of sp³-hybridized carbons (Fsp3) is 1.00. The lowest BCUT2D eigenvalue weighted by Gasteiger charge is -2.40. The highest BCUT2D eigenvalue weighted by Gasteiger charge is 2.50. The number of rotatable bonds is 1. The summed E-state index contributed by atoms with van der Waals surface area (Å²) in [6.07, 6.45) is 19.0. The van der Waals surface area contributed by atoms with E-state index in [9.17, 15) is 0 Å². The smallest absolute Gasteiger partial charge is 0.0641 e. The van der Waals surface area contributed by atoms with Crippen molar-refractivity contribution in [1.82, 2.24) is 0 Å². The Morgan fingerprint density at radius 3 is 2.11 bits per heavy atom. The van der Waals surface area contributed by atoms with E-state index in [1.54, 1.807) is 0 Å². The number of hydrogen-bond acceptors (Lipinski definition) is 1. The van der Waals surface area contributed by atoms with E-state index in [-0.39, 0.29) is 0 Å². The molecule has 0 N–H and O–H groups in total. The molecule has 1 heterocycles. The molecule has 0 amide bonds. The Hall–Kier alpha value is -0.0400. The molecule has 0 aromatic heterocycles. The molecule has 4 rings (SSSR count). The van der Waals surface area contributed by atoms with Crippen LogP contribution in [0.2, 0.25) is 0 Å². The lowest BCUT2D eigenvalue weighted by atomic mass is 9.65. The van der Waals surface area contributed by atoms with Gasteiger partial charge < -0.3 is 4.74 Å². The van der Waals surface area contributed by atoms with Crippen molar-refractivity contribution in [2.24, 2.45) is 23.7 Å². The van der Waals surface area contributed by atoms with E-state index in [4.69, 9.17) is 4.74 Å². The van der Waals surface area contributed by atoms with Gasteiger partial charge in [-0.15, -0.1) is 0 Å². The fourth-order valence-electron chi connectivity index (χ4n) is 5.95. The first-order chi connectivity index (χ1) is 9.43. The molecule has 0 aromatic carbocycles. The number of hydrogen-bond donors (Lipinski definition) is 0. The molecule has 19 heavy (non-hydrogen) atoms. The van der Waals surface area contributed by atoms with E-state index in [2.05, 4.69) is 0 Å². The van der Waals surface area contributed by atoms with Crippen LogP contribution in [0.5, 0.6) is 0 Å². The van der Waals surface area contributed by atoms with Crippen molar-refractivity contribution in [2.45, 2.75) is 89.3 Å². The van der Waals surface area contributed by atoms with Crippen LogP contribution in [0.3, 0.4) is 0 Å². The highest BCUT2D eigenvalue weighted by molar-refractivity contribution is 4.99. The molecule has 5 atom stereocenters. The summed E-state index contributed by atoms with van der Waals surface area (Å²) >= 11 is 0. The third-order valence-electron chi connectivity index (χ3n) is 6.81. The molecule has 4 fully saturated rings. The maximum absolute atomic E-state index is 6.64. The molecule has 0 radical (unpaired) electrons. The van der Waals surface area contributed by atoms with Crippen LogP contribution in [-0.2, 0) is 4.74 Å². The van der Waals surface area contributed by atoms with Gasteiger partial charge in [-0.05, 0) is 49.4 Å². The average molecular weight is 262 g/mol. The van der Waals surface area contributed by atoms with E-state index < -0.39 is 0 Å². The Labute approximate surface area is 118 Å². The molecule has 1 aliphatic heterocycles. The summed E-state index contributed by atoms with van der Waals surface area (Å²) in [7, 11) is 0. The molecular weight excluding hydrogens is 232 g/mol.